The van der Waals surface area contributed by atoms with Crippen molar-refractivity contribution < 1.29 is 9.13 Å². The second kappa shape index (κ2) is 5.80. The van der Waals surface area contributed by atoms with Crippen molar-refractivity contribution in [3.63, 3.8) is 0 Å². The van der Waals surface area contributed by atoms with Gasteiger partial charge in [-0.3, -0.25) is 0 Å². The molecule has 0 amide bonds. The fraction of sp³-hybridized carbons (Fsp3) is 0.0714. The molecule has 1 aromatic heterocycles. The molecule has 86 valence electrons. The summed E-state index contributed by atoms with van der Waals surface area (Å²) in [6.45, 7) is 0.433. The number of halogens is 1. The van der Waals surface area contributed by atoms with Crippen molar-refractivity contribution in [3.05, 3.63) is 66.2 Å². The second-order valence-corrected chi connectivity index (χ2v) is 3.44. The zero-order valence-corrected chi connectivity index (χ0v) is 9.21. The molecule has 0 saturated heterocycles. The van der Waals surface area contributed by atoms with Gasteiger partial charge in [0.25, 0.3) is 0 Å². The highest BCUT2D eigenvalue weighted by atomic mass is 19.1. The van der Waals surface area contributed by atoms with E-state index in [1.165, 1.54) is 12.3 Å². The number of pyridine rings is 1. The Balaban J connectivity index is 1.84. The first-order valence-electron chi connectivity index (χ1n) is 5.30. The topological polar surface area (TPSA) is 22.1 Å². The Labute approximate surface area is 99.4 Å². The Morgan fingerprint density at radius 2 is 1.94 bits per heavy atom. The molecule has 0 atom stereocenters. The van der Waals surface area contributed by atoms with Crippen LogP contribution in [0.4, 0.5) is 4.39 Å². The summed E-state index contributed by atoms with van der Waals surface area (Å²) in [4.78, 5) is 3.50. The molecule has 2 rings (SSSR count). The number of nitrogens with zero attached hydrogens (tertiary/aromatic N) is 1. The molecule has 3 heteroatoms. The minimum atomic E-state index is -0.503. The summed E-state index contributed by atoms with van der Waals surface area (Å²) >= 11 is 0. The molecule has 17 heavy (non-hydrogen) atoms. The van der Waals surface area contributed by atoms with E-state index in [4.69, 9.17) is 4.74 Å². The van der Waals surface area contributed by atoms with Crippen molar-refractivity contribution in [3.8, 4) is 5.75 Å². The van der Waals surface area contributed by atoms with Gasteiger partial charge in [0.15, 0.2) is 0 Å². The van der Waals surface area contributed by atoms with Crippen molar-refractivity contribution in [2.45, 2.75) is 0 Å². The molecule has 0 bridgehead atoms. The van der Waals surface area contributed by atoms with E-state index in [0.29, 0.717) is 12.4 Å². The zero-order chi connectivity index (χ0) is 11.9. The summed E-state index contributed by atoms with van der Waals surface area (Å²) in [5, 5.41) is 0. The summed E-state index contributed by atoms with van der Waals surface area (Å²) in [7, 11) is 0. The molecule has 0 saturated carbocycles. The van der Waals surface area contributed by atoms with E-state index in [0.717, 1.165) is 5.56 Å². The Bertz CT molecular complexity index is 479. The smallest absolute Gasteiger partial charge is 0.213 e. The highest BCUT2D eigenvalue weighted by molar-refractivity contribution is 5.48. The molecule has 0 aliphatic rings. The third kappa shape index (κ3) is 3.72. The molecule has 2 aromatic rings. The van der Waals surface area contributed by atoms with E-state index < -0.39 is 5.95 Å². The lowest BCUT2D eigenvalue weighted by molar-refractivity contribution is 0.360. The first-order chi connectivity index (χ1) is 8.34. The van der Waals surface area contributed by atoms with Crippen LogP contribution in [-0.4, -0.2) is 11.6 Å². The first-order valence-corrected chi connectivity index (χ1v) is 5.30. The van der Waals surface area contributed by atoms with E-state index >= 15 is 0 Å². The van der Waals surface area contributed by atoms with Crippen LogP contribution in [-0.2, 0) is 0 Å². The van der Waals surface area contributed by atoms with Gasteiger partial charge in [-0.1, -0.05) is 36.4 Å². The van der Waals surface area contributed by atoms with Gasteiger partial charge in [0.05, 0.1) is 6.20 Å². The van der Waals surface area contributed by atoms with E-state index in [1.54, 1.807) is 6.07 Å². The minimum Gasteiger partial charge on any atom is -0.488 e. The largest absolute Gasteiger partial charge is 0.488 e. The van der Waals surface area contributed by atoms with Crippen LogP contribution in [0.15, 0.2) is 54.7 Å². The lowest BCUT2D eigenvalue weighted by atomic mass is 10.2. The average molecular weight is 229 g/mol. The molecule has 2 nitrogen and oxygen atoms in total. The summed E-state index contributed by atoms with van der Waals surface area (Å²) in [5.41, 5.74) is 1.12. The number of benzene rings is 1. The van der Waals surface area contributed by atoms with Crippen LogP contribution in [0.25, 0.3) is 6.08 Å². The first kappa shape index (κ1) is 11.3. The maximum atomic E-state index is 12.5. The maximum Gasteiger partial charge on any atom is 0.213 e. The van der Waals surface area contributed by atoms with Crippen molar-refractivity contribution in [2.75, 3.05) is 6.61 Å². The summed E-state index contributed by atoms with van der Waals surface area (Å²) in [5.74, 6) is 0.0567. The molecule has 0 aliphatic carbocycles. The normalized spacial score (nSPS) is 10.6. The third-order valence-corrected chi connectivity index (χ3v) is 2.16. The van der Waals surface area contributed by atoms with Crippen LogP contribution in [0.3, 0.4) is 0 Å². The quantitative estimate of drug-likeness (QED) is 0.750. The summed E-state index contributed by atoms with van der Waals surface area (Å²) in [6, 6.07) is 12.8. The average Bonchev–Trinajstić information content (AvgIpc) is 2.38. The molecule has 0 fully saturated rings. The van der Waals surface area contributed by atoms with E-state index in [2.05, 4.69) is 4.98 Å². The number of rotatable bonds is 4. The van der Waals surface area contributed by atoms with E-state index in [-0.39, 0.29) is 0 Å². The summed E-state index contributed by atoms with van der Waals surface area (Å²) < 4.78 is 17.9. The fourth-order valence-electron chi connectivity index (χ4n) is 1.34. The van der Waals surface area contributed by atoms with Crippen LogP contribution in [0.1, 0.15) is 5.56 Å². The van der Waals surface area contributed by atoms with Gasteiger partial charge in [-0.15, -0.1) is 0 Å². The molecular weight excluding hydrogens is 217 g/mol. The van der Waals surface area contributed by atoms with Crippen molar-refractivity contribution >= 4 is 6.08 Å². The maximum absolute atomic E-state index is 12.5. The minimum absolute atomic E-state index is 0.433. The Morgan fingerprint density at radius 1 is 1.12 bits per heavy atom. The monoisotopic (exact) mass is 229 g/mol. The van der Waals surface area contributed by atoms with E-state index in [9.17, 15) is 4.39 Å². The van der Waals surface area contributed by atoms with Crippen LogP contribution >= 0.6 is 0 Å². The second-order valence-electron chi connectivity index (χ2n) is 3.44. The molecule has 1 heterocycles. The molecule has 0 N–H and O–H groups in total. The standard InChI is InChI=1S/C14H12FNO/c15-14-9-8-13(11-16-14)17-10-4-7-12-5-2-1-3-6-12/h1-9,11H,10H2/b7-4+. The molecule has 0 radical (unpaired) electrons. The predicted octanol–water partition coefficient (Wildman–Crippen LogP) is 3.31. The Morgan fingerprint density at radius 3 is 2.65 bits per heavy atom. The van der Waals surface area contributed by atoms with Gasteiger partial charge in [0, 0.05) is 0 Å². The molecule has 0 aliphatic heterocycles. The zero-order valence-electron chi connectivity index (χ0n) is 9.21. The fourth-order valence-corrected chi connectivity index (χ4v) is 1.34. The molecule has 1 aromatic carbocycles. The van der Waals surface area contributed by atoms with Gasteiger partial charge in [0.1, 0.15) is 12.4 Å². The van der Waals surface area contributed by atoms with Gasteiger partial charge in [-0.05, 0) is 23.8 Å². The molecule has 0 unspecified atom stereocenters. The van der Waals surface area contributed by atoms with Crippen molar-refractivity contribution in [1.29, 1.82) is 0 Å². The Kier molecular flexibility index (Phi) is 3.86. The van der Waals surface area contributed by atoms with Gasteiger partial charge >= 0.3 is 0 Å². The number of hydrogen-bond acceptors (Lipinski definition) is 2. The van der Waals surface area contributed by atoms with Gasteiger partial charge in [-0.25, -0.2) is 4.98 Å². The van der Waals surface area contributed by atoms with Gasteiger partial charge < -0.3 is 4.74 Å². The predicted molar refractivity (Wildman–Crippen MR) is 65.2 cm³/mol. The van der Waals surface area contributed by atoms with Crippen LogP contribution < -0.4 is 4.74 Å². The lowest BCUT2D eigenvalue weighted by Crippen LogP contribution is -1.94. The number of hydrogen-bond donors (Lipinski definition) is 0. The summed E-state index contributed by atoms with van der Waals surface area (Å²) in [6.07, 6.45) is 5.24. The van der Waals surface area contributed by atoms with Crippen LogP contribution in [0.2, 0.25) is 0 Å². The SMILES string of the molecule is Fc1ccc(OC/C=C/c2ccccc2)cn1. The lowest BCUT2D eigenvalue weighted by Gasteiger charge is -2.01. The number of ether oxygens (including phenoxy) is 1. The molecule has 0 spiro atoms. The Hall–Kier alpha value is -2.16. The highest BCUT2D eigenvalue weighted by Gasteiger charge is 1.93. The van der Waals surface area contributed by atoms with Crippen LogP contribution in [0, 0.1) is 5.95 Å². The van der Waals surface area contributed by atoms with Crippen LogP contribution in [0.5, 0.6) is 5.75 Å². The highest BCUT2D eigenvalue weighted by Crippen LogP contribution is 2.08. The van der Waals surface area contributed by atoms with Crippen molar-refractivity contribution in [2.24, 2.45) is 0 Å². The third-order valence-electron chi connectivity index (χ3n) is 2.16. The molecular formula is C14H12FNO. The van der Waals surface area contributed by atoms with Gasteiger partial charge in [0.2, 0.25) is 5.95 Å². The van der Waals surface area contributed by atoms with Gasteiger partial charge in [-0.2, -0.15) is 4.39 Å². The number of aromatic nitrogens is 1. The van der Waals surface area contributed by atoms with E-state index in [1.807, 2.05) is 42.5 Å². The van der Waals surface area contributed by atoms with Crippen molar-refractivity contribution in [1.82, 2.24) is 4.98 Å².